The van der Waals surface area contributed by atoms with E-state index in [1.165, 1.54) is 13.3 Å². The van der Waals surface area contributed by atoms with E-state index in [0.29, 0.717) is 40.1 Å². The Morgan fingerprint density at radius 1 is 1.07 bits per heavy atom. The fourth-order valence-electron chi connectivity index (χ4n) is 2.61. The van der Waals surface area contributed by atoms with Gasteiger partial charge in [-0.3, -0.25) is 4.79 Å². The Labute approximate surface area is 155 Å². The van der Waals surface area contributed by atoms with Gasteiger partial charge in [0, 0.05) is 12.1 Å². The van der Waals surface area contributed by atoms with Crippen LogP contribution in [0.25, 0.3) is 0 Å². The summed E-state index contributed by atoms with van der Waals surface area (Å²) in [6, 6.07) is 15.7. The maximum absolute atomic E-state index is 12.4. The monoisotopic (exact) mass is 364 g/mol. The molecular formula is C20H16N2O5. The fraction of sp³-hybridized carbons (Fsp3) is 0.100. The summed E-state index contributed by atoms with van der Waals surface area (Å²) in [4.78, 5) is 16.6. The number of hydrogen-bond acceptors (Lipinski definition) is 6. The maximum Gasteiger partial charge on any atom is 0.259 e. The summed E-state index contributed by atoms with van der Waals surface area (Å²) in [6.45, 7) is 0.206. The minimum atomic E-state index is -0.279. The number of carbonyl (C=O) groups excluding carboxylic acids is 1. The van der Waals surface area contributed by atoms with Gasteiger partial charge < -0.3 is 24.3 Å². The van der Waals surface area contributed by atoms with Crippen molar-refractivity contribution >= 4 is 11.6 Å². The van der Waals surface area contributed by atoms with E-state index in [2.05, 4.69) is 10.3 Å². The van der Waals surface area contributed by atoms with Gasteiger partial charge in [-0.25, -0.2) is 4.98 Å². The molecular weight excluding hydrogens is 348 g/mol. The van der Waals surface area contributed by atoms with Crippen LogP contribution in [-0.2, 0) is 0 Å². The first kappa shape index (κ1) is 16.7. The average molecular weight is 364 g/mol. The van der Waals surface area contributed by atoms with Crippen molar-refractivity contribution in [3.63, 3.8) is 0 Å². The Morgan fingerprint density at radius 3 is 2.74 bits per heavy atom. The third-order valence-electron chi connectivity index (χ3n) is 3.91. The molecule has 3 aromatic rings. The Hall–Kier alpha value is -3.74. The Kier molecular flexibility index (Phi) is 4.49. The van der Waals surface area contributed by atoms with E-state index in [-0.39, 0.29) is 12.7 Å². The molecule has 0 bridgehead atoms. The molecule has 1 aromatic heterocycles. The van der Waals surface area contributed by atoms with Gasteiger partial charge in [0.15, 0.2) is 11.5 Å². The highest BCUT2D eigenvalue weighted by Gasteiger charge is 2.15. The molecule has 2 aromatic carbocycles. The molecule has 0 radical (unpaired) electrons. The van der Waals surface area contributed by atoms with Gasteiger partial charge in [-0.1, -0.05) is 12.1 Å². The quantitative estimate of drug-likeness (QED) is 0.741. The predicted octanol–water partition coefficient (Wildman–Crippen LogP) is 3.86. The minimum Gasteiger partial charge on any atom is -0.496 e. The molecule has 7 heteroatoms. The highest BCUT2D eigenvalue weighted by Crippen LogP contribution is 2.36. The summed E-state index contributed by atoms with van der Waals surface area (Å²) >= 11 is 0. The summed E-state index contributed by atoms with van der Waals surface area (Å²) in [5.74, 6) is 2.52. The molecule has 2 heterocycles. The fourth-order valence-corrected chi connectivity index (χ4v) is 2.61. The number of carbonyl (C=O) groups is 1. The zero-order chi connectivity index (χ0) is 18.6. The zero-order valence-corrected chi connectivity index (χ0v) is 14.5. The number of methoxy groups -OCH3 is 1. The van der Waals surface area contributed by atoms with Gasteiger partial charge >= 0.3 is 0 Å². The second-order valence-corrected chi connectivity index (χ2v) is 5.66. The molecule has 0 saturated carbocycles. The van der Waals surface area contributed by atoms with E-state index in [9.17, 15) is 4.79 Å². The topological polar surface area (TPSA) is 78.9 Å². The number of nitrogens with zero attached hydrogens (tertiary/aromatic N) is 1. The van der Waals surface area contributed by atoms with Gasteiger partial charge in [0.05, 0.1) is 24.6 Å². The minimum absolute atomic E-state index is 0.206. The van der Waals surface area contributed by atoms with Crippen LogP contribution in [0, 0.1) is 0 Å². The van der Waals surface area contributed by atoms with Crippen LogP contribution in [0.2, 0.25) is 0 Å². The molecule has 4 rings (SSSR count). The first-order valence-corrected chi connectivity index (χ1v) is 8.21. The van der Waals surface area contributed by atoms with Gasteiger partial charge in [-0.2, -0.15) is 0 Å². The molecule has 0 spiro atoms. The molecule has 0 fully saturated rings. The van der Waals surface area contributed by atoms with Gasteiger partial charge in [0.1, 0.15) is 11.5 Å². The van der Waals surface area contributed by atoms with Crippen molar-refractivity contribution in [2.24, 2.45) is 0 Å². The average Bonchev–Trinajstić information content (AvgIpc) is 3.17. The van der Waals surface area contributed by atoms with Crippen molar-refractivity contribution in [2.75, 3.05) is 19.2 Å². The van der Waals surface area contributed by atoms with Crippen LogP contribution in [0.1, 0.15) is 10.4 Å². The largest absolute Gasteiger partial charge is 0.496 e. The second-order valence-electron chi connectivity index (χ2n) is 5.66. The number of amides is 1. The number of ether oxygens (including phenoxy) is 4. The molecule has 1 aliphatic rings. The van der Waals surface area contributed by atoms with Gasteiger partial charge in [-0.05, 0) is 30.3 Å². The number of pyridine rings is 1. The molecule has 1 amide bonds. The van der Waals surface area contributed by atoms with E-state index in [0.717, 1.165) is 0 Å². The SMILES string of the molecule is COc1ccccc1C(=O)Nc1ccc(Oc2ccc3c(c2)OCO3)nc1. The van der Waals surface area contributed by atoms with Crippen LogP contribution >= 0.6 is 0 Å². The highest BCUT2D eigenvalue weighted by molar-refractivity contribution is 6.06. The number of benzene rings is 2. The van der Waals surface area contributed by atoms with Crippen molar-refractivity contribution in [3.05, 3.63) is 66.4 Å². The molecule has 0 unspecified atom stereocenters. The maximum atomic E-state index is 12.4. The molecule has 1 aliphatic heterocycles. The van der Waals surface area contributed by atoms with E-state index in [1.54, 1.807) is 54.6 Å². The number of fused-ring (bicyclic) bond motifs is 1. The van der Waals surface area contributed by atoms with Crippen LogP contribution in [0.5, 0.6) is 28.9 Å². The number of hydrogen-bond donors (Lipinski definition) is 1. The van der Waals surface area contributed by atoms with E-state index >= 15 is 0 Å². The standard InChI is InChI=1S/C20H16N2O5/c1-24-16-5-3-2-4-15(16)20(23)22-13-6-9-19(21-11-13)27-14-7-8-17-18(10-14)26-12-25-17/h2-11H,12H2,1H3,(H,22,23). The molecule has 7 nitrogen and oxygen atoms in total. The van der Waals surface area contributed by atoms with Crippen LogP contribution in [0.15, 0.2) is 60.8 Å². The number of para-hydroxylation sites is 1. The number of aromatic nitrogens is 1. The third kappa shape index (κ3) is 3.62. The molecule has 0 aliphatic carbocycles. The normalized spacial score (nSPS) is 11.7. The zero-order valence-electron chi connectivity index (χ0n) is 14.5. The van der Waals surface area contributed by atoms with Crippen LogP contribution < -0.4 is 24.3 Å². The molecule has 1 N–H and O–H groups in total. The van der Waals surface area contributed by atoms with E-state index in [1.807, 2.05) is 0 Å². The van der Waals surface area contributed by atoms with Crippen molar-refractivity contribution < 1.29 is 23.7 Å². The number of anilines is 1. The van der Waals surface area contributed by atoms with Crippen molar-refractivity contribution in [1.82, 2.24) is 4.98 Å². The smallest absolute Gasteiger partial charge is 0.259 e. The van der Waals surface area contributed by atoms with Crippen LogP contribution in [0.3, 0.4) is 0 Å². The number of rotatable bonds is 5. The Bertz CT molecular complexity index is 972. The third-order valence-corrected chi connectivity index (χ3v) is 3.91. The molecule has 27 heavy (non-hydrogen) atoms. The Balaban J connectivity index is 1.44. The molecule has 136 valence electrons. The van der Waals surface area contributed by atoms with Crippen molar-refractivity contribution in [1.29, 1.82) is 0 Å². The lowest BCUT2D eigenvalue weighted by atomic mass is 10.2. The number of nitrogens with one attached hydrogen (secondary N) is 1. The highest BCUT2D eigenvalue weighted by atomic mass is 16.7. The Morgan fingerprint density at radius 2 is 1.93 bits per heavy atom. The summed E-state index contributed by atoms with van der Waals surface area (Å²) in [5.41, 5.74) is 0.990. The summed E-state index contributed by atoms with van der Waals surface area (Å²) < 4.78 is 21.5. The lowest BCUT2D eigenvalue weighted by Crippen LogP contribution is -2.13. The van der Waals surface area contributed by atoms with E-state index < -0.39 is 0 Å². The van der Waals surface area contributed by atoms with Gasteiger partial charge in [0.2, 0.25) is 12.7 Å². The lowest BCUT2D eigenvalue weighted by molar-refractivity contribution is 0.102. The van der Waals surface area contributed by atoms with E-state index in [4.69, 9.17) is 18.9 Å². The second kappa shape index (κ2) is 7.25. The lowest BCUT2D eigenvalue weighted by Gasteiger charge is -2.10. The van der Waals surface area contributed by atoms with Crippen molar-refractivity contribution in [3.8, 4) is 28.9 Å². The van der Waals surface area contributed by atoms with Crippen LogP contribution in [-0.4, -0.2) is 24.8 Å². The molecule has 0 atom stereocenters. The summed E-state index contributed by atoms with van der Waals surface area (Å²) in [6.07, 6.45) is 1.52. The first-order valence-electron chi connectivity index (χ1n) is 8.21. The van der Waals surface area contributed by atoms with Crippen LogP contribution in [0.4, 0.5) is 5.69 Å². The summed E-state index contributed by atoms with van der Waals surface area (Å²) in [7, 11) is 1.52. The van der Waals surface area contributed by atoms with Gasteiger partial charge in [-0.15, -0.1) is 0 Å². The predicted molar refractivity (Wildman–Crippen MR) is 97.8 cm³/mol. The van der Waals surface area contributed by atoms with Crippen molar-refractivity contribution in [2.45, 2.75) is 0 Å². The summed E-state index contributed by atoms with van der Waals surface area (Å²) in [5, 5.41) is 2.78. The molecule has 0 saturated heterocycles. The first-order chi connectivity index (χ1) is 13.2. The van der Waals surface area contributed by atoms with Gasteiger partial charge in [0.25, 0.3) is 5.91 Å².